The number of hydrogen-bond donors (Lipinski definition) is 1. The van der Waals surface area contributed by atoms with E-state index in [-0.39, 0.29) is 11.3 Å². The summed E-state index contributed by atoms with van der Waals surface area (Å²) < 4.78 is 0. The van der Waals surface area contributed by atoms with E-state index in [4.69, 9.17) is 5.73 Å². The maximum absolute atomic E-state index is 12.2. The van der Waals surface area contributed by atoms with Crippen molar-refractivity contribution in [1.82, 2.24) is 4.90 Å². The number of amides is 1. The molecule has 0 heterocycles. The van der Waals surface area contributed by atoms with Gasteiger partial charge in [-0.15, -0.1) is 0 Å². The monoisotopic (exact) mass is 230 g/mol. The Morgan fingerprint density at radius 3 is 2.53 bits per heavy atom. The van der Waals surface area contributed by atoms with Crippen molar-refractivity contribution >= 4 is 17.7 Å². The first-order valence-electron chi connectivity index (χ1n) is 5.53. The third kappa shape index (κ3) is 2.48. The number of carbonyl (C=O) groups is 1. The van der Waals surface area contributed by atoms with E-state index in [1.165, 1.54) is 0 Å². The lowest BCUT2D eigenvalue weighted by atomic mass is 9.67. The first-order valence-corrected chi connectivity index (χ1v) is 6.93. The third-order valence-electron chi connectivity index (χ3n) is 3.54. The first-order chi connectivity index (χ1) is 7.07. The molecule has 0 aliphatic heterocycles. The van der Waals surface area contributed by atoms with Crippen molar-refractivity contribution in [2.24, 2.45) is 11.1 Å². The fourth-order valence-electron chi connectivity index (χ4n) is 2.04. The SMILES string of the molecule is CSCC(C)N(C)C(=O)C1(CN)CCC1. The summed E-state index contributed by atoms with van der Waals surface area (Å²) in [6.45, 7) is 2.60. The van der Waals surface area contributed by atoms with Crippen LogP contribution in [0, 0.1) is 5.41 Å². The molecule has 1 rings (SSSR count). The smallest absolute Gasteiger partial charge is 0.230 e. The number of nitrogens with two attached hydrogens (primary N) is 1. The van der Waals surface area contributed by atoms with Crippen LogP contribution in [0.1, 0.15) is 26.2 Å². The normalized spacial score (nSPS) is 20.5. The minimum Gasteiger partial charge on any atom is -0.342 e. The maximum atomic E-state index is 12.2. The van der Waals surface area contributed by atoms with E-state index in [9.17, 15) is 4.79 Å². The fraction of sp³-hybridized carbons (Fsp3) is 0.909. The zero-order valence-corrected chi connectivity index (χ0v) is 10.8. The predicted octanol–water partition coefficient (Wildman–Crippen LogP) is 1.33. The van der Waals surface area contributed by atoms with Crippen LogP contribution >= 0.6 is 11.8 Å². The number of hydrogen-bond acceptors (Lipinski definition) is 3. The van der Waals surface area contributed by atoms with E-state index in [0.717, 1.165) is 25.0 Å². The lowest BCUT2D eigenvalue weighted by Gasteiger charge is -2.43. The Balaban J connectivity index is 2.58. The molecule has 1 aliphatic carbocycles. The van der Waals surface area contributed by atoms with Gasteiger partial charge < -0.3 is 10.6 Å². The summed E-state index contributed by atoms with van der Waals surface area (Å²) in [5.74, 6) is 1.24. The van der Waals surface area contributed by atoms with Crippen molar-refractivity contribution in [2.75, 3.05) is 25.6 Å². The maximum Gasteiger partial charge on any atom is 0.230 e. The zero-order valence-electron chi connectivity index (χ0n) is 9.95. The van der Waals surface area contributed by atoms with E-state index in [0.29, 0.717) is 12.6 Å². The summed E-state index contributed by atoms with van der Waals surface area (Å²) in [6, 6.07) is 0.302. The molecule has 0 bridgehead atoms. The van der Waals surface area contributed by atoms with Gasteiger partial charge in [0.2, 0.25) is 5.91 Å². The van der Waals surface area contributed by atoms with Gasteiger partial charge in [0.1, 0.15) is 0 Å². The Morgan fingerprint density at radius 1 is 1.60 bits per heavy atom. The summed E-state index contributed by atoms with van der Waals surface area (Å²) in [7, 11) is 1.90. The highest BCUT2D eigenvalue weighted by atomic mass is 32.2. The molecule has 0 radical (unpaired) electrons. The third-order valence-corrected chi connectivity index (χ3v) is 4.36. The molecule has 2 N–H and O–H groups in total. The van der Waals surface area contributed by atoms with E-state index < -0.39 is 0 Å². The van der Waals surface area contributed by atoms with E-state index in [1.54, 1.807) is 11.8 Å². The van der Waals surface area contributed by atoms with Gasteiger partial charge in [0.25, 0.3) is 0 Å². The highest BCUT2D eigenvalue weighted by Crippen LogP contribution is 2.41. The van der Waals surface area contributed by atoms with Gasteiger partial charge in [0.15, 0.2) is 0 Å². The Kier molecular flexibility index (Phi) is 4.46. The molecule has 1 aliphatic rings. The zero-order chi connectivity index (χ0) is 11.5. The van der Waals surface area contributed by atoms with E-state index in [1.807, 2.05) is 11.9 Å². The average Bonchev–Trinajstić information content (AvgIpc) is 2.16. The molecule has 15 heavy (non-hydrogen) atoms. The largest absolute Gasteiger partial charge is 0.342 e. The number of thioether (sulfide) groups is 1. The van der Waals surface area contributed by atoms with Crippen molar-refractivity contribution in [3.8, 4) is 0 Å². The van der Waals surface area contributed by atoms with Gasteiger partial charge in [-0.1, -0.05) is 6.42 Å². The molecule has 0 aromatic rings. The van der Waals surface area contributed by atoms with Gasteiger partial charge in [-0.3, -0.25) is 4.79 Å². The average molecular weight is 230 g/mol. The minimum absolute atomic E-state index is 0.221. The standard InChI is InChI=1S/C11H22N2OS/c1-9(7-15-3)13(2)10(14)11(8-12)5-4-6-11/h9H,4-8,12H2,1-3H3. The van der Waals surface area contributed by atoms with Crippen molar-refractivity contribution in [2.45, 2.75) is 32.2 Å². The van der Waals surface area contributed by atoms with Crippen LogP contribution in [0.3, 0.4) is 0 Å². The quantitative estimate of drug-likeness (QED) is 0.775. The number of carbonyl (C=O) groups excluding carboxylic acids is 1. The first kappa shape index (κ1) is 12.8. The Morgan fingerprint density at radius 2 is 2.20 bits per heavy atom. The topological polar surface area (TPSA) is 46.3 Å². The van der Waals surface area contributed by atoms with Crippen molar-refractivity contribution < 1.29 is 4.79 Å². The van der Waals surface area contributed by atoms with Gasteiger partial charge in [0.05, 0.1) is 5.41 Å². The molecule has 1 fully saturated rings. The Bertz CT molecular complexity index is 223. The minimum atomic E-state index is -0.221. The molecule has 88 valence electrons. The summed E-state index contributed by atoms with van der Waals surface area (Å²) in [4.78, 5) is 14.1. The summed E-state index contributed by atoms with van der Waals surface area (Å²) >= 11 is 1.77. The van der Waals surface area contributed by atoms with Crippen LogP contribution in [0.5, 0.6) is 0 Å². The van der Waals surface area contributed by atoms with Gasteiger partial charge in [-0.05, 0) is 26.0 Å². The van der Waals surface area contributed by atoms with Crippen molar-refractivity contribution in [3.05, 3.63) is 0 Å². The molecule has 0 saturated heterocycles. The Hall–Kier alpha value is -0.220. The van der Waals surface area contributed by atoms with Crippen LogP contribution in [0.25, 0.3) is 0 Å². The lowest BCUT2D eigenvalue weighted by molar-refractivity contribution is -0.146. The van der Waals surface area contributed by atoms with Gasteiger partial charge in [-0.2, -0.15) is 11.8 Å². The predicted molar refractivity (Wildman–Crippen MR) is 66.0 cm³/mol. The molecule has 1 saturated carbocycles. The molecule has 0 spiro atoms. The summed E-state index contributed by atoms with van der Waals surface area (Å²) in [5, 5.41) is 0. The van der Waals surface area contributed by atoms with E-state index >= 15 is 0 Å². The molecule has 4 heteroatoms. The second kappa shape index (κ2) is 5.21. The molecular formula is C11H22N2OS. The van der Waals surface area contributed by atoms with E-state index in [2.05, 4.69) is 13.2 Å². The molecule has 3 nitrogen and oxygen atoms in total. The van der Waals surface area contributed by atoms with Gasteiger partial charge >= 0.3 is 0 Å². The van der Waals surface area contributed by atoms with Crippen LogP contribution < -0.4 is 5.73 Å². The molecule has 0 aromatic carbocycles. The molecule has 1 atom stereocenters. The highest BCUT2D eigenvalue weighted by Gasteiger charge is 2.44. The number of nitrogens with zero attached hydrogens (tertiary/aromatic N) is 1. The summed E-state index contributed by atoms with van der Waals surface area (Å²) in [6.07, 6.45) is 5.15. The second-order valence-electron chi connectivity index (χ2n) is 4.56. The van der Waals surface area contributed by atoms with Crippen LogP contribution in [0.4, 0.5) is 0 Å². The fourth-order valence-corrected chi connectivity index (χ4v) is 2.74. The summed E-state index contributed by atoms with van der Waals surface area (Å²) in [5.41, 5.74) is 5.51. The van der Waals surface area contributed by atoms with Crippen LogP contribution in [-0.2, 0) is 4.79 Å². The van der Waals surface area contributed by atoms with Gasteiger partial charge in [-0.25, -0.2) is 0 Å². The highest BCUT2D eigenvalue weighted by molar-refractivity contribution is 7.98. The number of rotatable bonds is 5. The second-order valence-corrected chi connectivity index (χ2v) is 5.47. The van der Waals surface area contributed by atoms with Crippen LogP contribution in [-0.4, -0.2) is 42.4 Å². The Labute approximate surface area is 96.8 Å². The van der Waals surface area contributed by atoms with Crippen LogP contribution in [0.2, 0.25) is 0 Å². The molecular weight excluding hydrogens is 208 g/mol. The van der Waals surface area contributed by atoms with Crippen molar-refractivity contribution in [3.63, 3.8) is 0 Å². The van der Waals surface area contributed by atoms with Crippen molar-refractivity contribution in [1.29, 1.82) is 0 Å². The molecule has 1 amide bonds. The van der Waals surface area contributed by atoms with Gasteiger partial charge in [0, 0.05) is 25.4 Å². The molecule has 1 unspecified atom stereocenters. The molecule has 0 aromatic heterocycles. The van der Waals surface area contributed by atoms with Crippen LogP contribution in [0.15, 0.2) is 0 Å². The lowest BCUT2D eigenvalue weighted by Crippen LogP contribution is -2.53.